The first-order valence-electron chi connectivity index (χ1n) is 8.35. The molecule has 4 aromatic rings. The van der Waals surface area contributed by atoms with Crippen molar-refractivity contribution in [1.82, 2.24) is 18.8 Å². The molecule has 0 saturated carbocycles. The highest BCUT2D eigenvalue weighted by atomic mass is 35.5. The third-order valence-corrected chi connectivity index (χ3v) is 4.36. The van der Waals surface area contributed by atoms with Gasteiger partial charge >= 0.3 is 0 Å². The number of nitrogens with zero attached hydrogens (tertiary/aromatic N) is 4. The van der Waals surface area contributed by atoms with Crippen LogP contribution in [0, 0.1) is 12.7 Å². The Kier molecular flexibility index (Phi) is 6.50. The molecular weight excluding hydrogens is 375 g/mol. The van der Waals surface area contributed by atoms with Crippen LogP contribution in [0.1, 0.15) is 33.4 Å². The summed E-state index contributed by atoms with van der Waals surface area (Å²) >= 11 is 7.10. The molecule has 0 fully saturated rings. The van der Waals surface area contributed by atoms with Gasteiger partial charge in [0, 0.05) is 30.2 Å². The first-order valence-corrected chi connectivity index (χ1v) is 9.55. The number of aryl methyl sites for hydroxylation is 1. The van der Waals surface area contributed by atoms with E-state index in [4.69, 9.17) is 11.6 Å². The molecule has 4 aromatic heterocycles. The SMILES string of the molecule is CC.CC.Cc1cn2cc(-c3cc(=O)n4cc(Cl)sc4n3)cc(F)c2n1. The fourth-order valence-corrected chi connectivity index (χ4v) is 3.37. The second-order valence-corrected chi connectivity index (χ2v) is 6.50. The minimum Gasteiger partial charge on any atom is -0.304 e. The number of imidazole rings is 1. The predicted molar refractivity (Wildman–Crippen MR) is 106 cm³/mol. The minimum atomic E-state index is -0.461. The summed E-state index contributed by atoms with van der Waals surface area (Å²) in [6.45, 7) is 9.79. The Labute approximate surface area is 159 Å². The van der Waals surface area contributed by atoms with Crippen LogP contribution in [0.15, 0.2) is 35.5 Å². The third-order valence-electron chi connectivity index (χ3n) is 3.26. The van der Waals surface area contributed by atoms with E-state index >= 15 is 0 Å². The molecule has 0 N–H and O–H groups in total. The van der Waals surface area contributed by atoms with E-state index in [0.717, 1.165) is 0 Å². The van der Waals surface area contributed by atoms with Crippen molar-refractivity contribution in [3.05, 3.63) is 56.9 Å². The highest BCUT2D eigenvalue weighted by Gasteiger charge is 2.12. The Morgan fingerprint density at radius 3 is 2.46 bits per heavy atom. The summed E-state index contributed by atoms with van der Waals surface area (Å²) in [6.07, 6.45) is 4.94. The fraction of sp³-hybridized carbons (Fsp3) is 0.278. The van der Waals surface area contributed by atoms with Crippen LogP contribution in [0.5, 0.6) is 0 Å². The van der Waals surface area contributed by atoms with Crippen LogP contribution < -0.4 is 5.56 Å². The van der Waals surface area contributed by atoms with Crippen molar-refractivity contribution in [2.75, 3.05) is 0 Å². The third kappa shape index (κ3) is 3.78. The van der Waals surface area contributed by atoms with E-state index in [-0.39, 0.29) is 11.2 Å². The highest BCUT2D eigenvalue weighted by molar-refractivity contribution is 7.20. The van der Waals surface area contributed by atoms with Crippen molar-refractivity contribution >= 4 is 33.5 Å². The van der Waals surface area contributed by atoms with E-state index in [2.05, 4.69) is 9.97 Å². The van der Waals surface area contributed by atoms with Gasteiger partial charge in [0.25, 0.3) is 5.56 Å². The molecule has 5 nitrogen and oxygen atoms in total. The minimum absolute atomic E-state index is 0.248. The zero-order chi connectivity index (χ0) is 19.4. The second-order valence-electron chi connectivity index (χ2n) is 4.86. The van der Waals surface area contributed by atoms with Crippen molar-refractivity contribution in [3.8, 4) is 11.3 Å². The van der Waals surface area contributed by atoms with E-state index in [1.807, 2.05) is 27.7 Å². The molecular formula is C18H20ClFN4OS. The molecule has 0 atom stereocenters. The lowest BCUT2D eigenvalue weighted by Crippen LogP contribution is -2.11. The molecule has 138 valence electrons. The predicted octanol–water partition coefficient (Wildman–Crippen LogP) is 5.22. The number of aromatic nitrogens is 4. The molecule has 0 radical (unpaired) electrons. The summed E-state index contributed by atoms with van der Waals surface area (Å²) in [5, 5.41) is 0. The molecule has 0 amide bonds. The Morgan fingerprint density at radius 2 is 1.77 bits per heavy atom. The Morgan fingerprint density at radius 1 is 1.08 bits per heavy atom. The summed E-state index contributed by atoms with van der Waals surface area (Å²) < 4.78 is 17.6. The summed E-state index contributed by atoms with van der Waals surface area (Å²) in [4.78, 5) is 21.0. The maximum atomic E-state index is 14.2. The number of hydrogen-bond acceptors (Lipinski definition) is 4. The van der Waals surface area contributed by atoms with Gasteiger partial charge in [0.1, 0.15) is 4.34 Å². The standard InChI is InChI=1S/C14H8ClFN4OS.2C2H6/c1-7-4-19-5-8(2-9(16)13(19)17-7)10-3-12(21)20-6-11(15)22-14(20)18-10;2*1-2/h2-6H,1H3;2*1-2H3. The topological polar surface area (TPSA) is 51.7 Å². The number of rotatable bonds is 1. The molecule has 0 saturated heterocycles. The molecule has 8 heteroatoms. The van der Waals surface area contributed by atoms with Gasteiger partial charge in [0.15, 0.2) is 16.4 Å². The van der Waals surface area contributed by atoms with Crippen LogP contribution in [0.4, 0.5) is 4.39 Å². The average molecular weight is 395 g/mol. The van der Waals surface area contributed by atoms with Crippen LogP contribution in [0.25, 0.3) is 21.9 Å². The smallest absolute Gasteiger partial charge is 0.259 e. The lowest BCUT2D eigenvalue weighted by molar-refractivity contribution is 0.630. The Hall–Kier alpha value is -2.25. The fourth-order valence-electron chi connectivity index (χ4n) is 2.34. The van der Waals surface area contributed by atoms with Crippen LogP contribution >= 0.6 is 22.9 Å². The number of hydrogen-bond donors (Lipinski definition) is 0. The summed E-state index contributed by atoms with van der Waals surface area (Å²) in [5.74, 6) is -0.461. The summed E-state index contributed by atoms with van der Waals surface area (Å²) in [7, 11) is 0. The molecule has 0 aliphatic carbocycles. The highest BCUT2D eigenvalue weighted by Crippen LogP contribution is 2.24. The second kappa shape index (κ2) is 8.42. The zero-order valence-corrected chi connectivity index (χ0v) is 16.8. The molecule has 4 heterocycles. The van der Waals surface area contributed by atoms with Crippen molar-refractivity contribution < 1.29 is 4.39 Å². The molecule has 26 heavy (non-hydrogen) atoms. The van der Waals surface area contributed by atoms with E-state index in [9.17, 15) is 9.18 Å². The van der Waals surface area contributed by atoms with Gasteiger partial charge in [0.05, 0.1) is 11.4 Å². The van der Waals surface area contributed by atoms with Gasteiger partial charge in [0.2, 0.25) is 0 Å². The van der Waals surface area contributed by atoms with Gasteiger partial charge in [-0.1, -0.05) is 50.6 Å². The molecule has 0 aliphatic heterocycles. The van der Waals surface area contributed by atoms with Gasteiger partial charge in [-0.15, -0.1) is 0 Å². The van der Waals surface area contributed by atoms with Gasteiger partial charge in [-0.25, -0.2) is 14.4 Å². The van der Waals surface area contributed by atoms with E-state index in [1.165, 1.54) is 34.1 Å². The number of fused-ring (bicyclic) bond motifs is 2. The molecule has 4 rings (SSSR count). The van der Waals surface area contributed by atoms with Crippen molar-refractivity contribution in [3.63, 3.8) is 0 Å². The lowest BCUT2D eigenvalue weighted by atomic mass is 10.2. The van der Waals surface area contributed by atoms with E-state index in [1.54, 1.807) is 23.7 Å². The maximum Gasteiger partial charge on any atom is 0.259 e. The number of pyridine rings is 1. The number of halogens is 2. The lowest BCUT2D eigenvalue weighted by Gasteiger charge is -2.03. The van der Waals surface area contributed by atoms with Crippen LogP contribution in [0.2, 0.25) is 4.34 Å². The Balaban J connectivity index is 0.000000570. The Bertz CT molecular complexity index is 1100. The van der Waals surface area contributed by atoms with Crippen LogP contribution in [0.3, 0.4) is 0 Å². The normalized spacial score (nSPS) is 10.3. The molecule has 0 unspecified atom stereocenters. The van der Waals surface area contributed by atoms with E-state index in [0.29, 0.717) is 26.2 Å². The first-order chi connectivity index (χ1) is 12.5. The van der Waals surface area contributed by atoms with Gasteiger partial charge in [-0.3, -0.25) is 9.20 Å². The quantitative estimate of drug-likeness (QED) is 0.444. The molecule has 0 spiro atoms. The van der Waals surface area contributed by atoms with Crippen molar-refractivity contribution in [2.24, 2.45) is 0 Å². The van der Waals surface area contributed by atoms with Crippen molar-refractivity contribution in [1.29, 1.82) is 0 Å². The largest absolute Gasteiger partial charge is 0.304 e. The van der Waals surface area contributed by atoms with Crippen LogP contribution in [-0.2, 0) is 0 Å². The van der Waals surface area contributed by atoms with E-state index < -0.39 is 5.82 Å². The molecule has 0 bridgehead atoms. The maximum absolute atomic E-state index is 14.2. The van der Waals surface area contributed by atoms with Gasteiger partial charge in [-0.2, -0.15) is 0 Å². The zero-order valence-electron chi connectivity index (χ0n) is 15.2. The summed E-state index contributed by atoms with van der Waals surface area (Å²) in [6, 6.07) is 2.69. The first kappa shape index (κ1) is 20.1. The monoisotopic (exact) mass is 394 g/mol. The summed E-state index contributed by atoms with van der Waals surface area (Å²) in [5.41, 5.74) is 1.61. The van der Waals surface area contributed by atoms with Gasteiger partial charge < -0.3 is 4.40 Å². The van der Waals surface area contributed by atoms with Crippen molar-refractivity contribution in [2.45, 2.75) is 34.6 Å². The van der Waals surface area contributed by atoms with Crippen LogP contribution in [-0.4, -0.2) is 18.8 Å². The molecule has 0 aliphatic rings. The van der Waals surface area contributed by atoms with Gasteiger partial charge in [-0.05, 0) is 13.0 Å². The number of thiazole rings is 1. The average Bonchev–Trinajstić information content (AvgIpc) is 3.20. The molecule has 0 aromatic carbocycles.